The van der Waals surface area contributed by atoms with Gasteiger partial charge in [0.15, 0.2) is 0 Å². The van der Waals surface area contributed by atoms with Crippen molar-refractivity contribution in [2.24, 2.45) is 0 Å². The summed E-state index contributed by atoms with van der Waals surface area (Å²) < 4.78 is 13.3. The zero-order valence-corrected chi connectivity index (χ0v) is 8.75. The lowest BCUT2D eigenvalue weighted by Crippen LogP contribution is -2.05. The molecule has 1 aromatic carbocycles. The fraction of sp³-hybridized carbons (Fsp3) is 0.300. The van der Waals surface area contributed by atoms with Crippen LogP contribution in [-0.2, 0) is 4.79 Å². The molecule has 0 fully saturated rings. The molecule has 3 nitrogen and oxygen atoms in total. The largest absolute Gasteiger partial charge is 0.506 e. The molecule has 0 heterocycles. The molecule has 0 aliphatic heterocycles. The molecule has 1 aromatic rings. The van der Waals surface area contributed by atoms with E-state index < -0.39 is 17.7 Å². The predicted molar refractivity (Wildman–Crippen MR) is 53.7 cm³/mol. The summed E-state index contributed by atoms with van der Waals surface area (Å²) in [6.07, 6.45) is -0.236. The molecule has 1 unspecified atom stereocenters. The number of phenols is 1. The summed E-state index contributed by atoms with van der Waals surface area (Å²) in [5, 5.41) is 17.7. The van der Waals surface area contributed by atoms with Gasteiger partial charge in [-0.3, -0.25) is 4.79 Å². The van der Waals surface area contributed by atoms with E-state index in [1.54, 1.807) is 0 Å². The number of halogens is 2. The van der Waals surface area contributed by atoms with Crippen LogP contribution in [0.3, 0.4) is 0 Å². The molecule has 1 rings (SSSR count). The molecule has 2 N–H and O–H groups in total. The summed E-state index contributed by atoms with van der Waals surface area (Å²) in [7, 11) is 0. The third-order valence-corrected chi connectivity index (χ3v) is 2.48. The highest BCUT2D eigenvalue weighted by Crippen LogP contribution is 2.35. The first kappa shape index (κ1) is 11.8. The van der Waals surface area contributed by atoms with Crippen molar-refractivity contribution in [2.75, 3.05) is 0 Å². The van der Waals surface area contributed by atoms with Gasteiger partial charge >= 0.3 is 5.97 Å². The number of hydrogen-bond acceptors (Lipinski definition) is 2. The molecule has 0 spiro atoms. The van der Waals surface area contributed by atoms with Crippen molar-refractivity contribution in [3.8, 4) is 5.75 Å². The van der Waals surface area contributed by atoms with Gasteiger partial charge < -0.3 is 10.2 Å². The van der Waals surface area contributed by atoms with E-state index in [2.05, 4.69) is 0 Å². The first-order valence-corrected chi connectivity index (χ1v) is 4.70. The van der Waals surface area contributed by atoms with Gasteiger partial charge in [-0.05, 0) is 18.1 Å². The van der Waals surface area contributed by atoms with E-state index in [0.29, 0.717) is 0 Å². The highest BCUT2D eigenvalue weighted by atomic mass is 35.5. The molecule has 0 saturated heterocycles. The molecule has 15 heavy (non-hydrogen) atoms. The number of aromatic hydroxyl groups is 1. The summed E-state index contributed by atoms with van der Waals surface area (Å²) in [5.41, 5.74) is 0.0408. The Morgan fingerprint density at radius 2 is 2.20 bits per heavy atom. The van der Waals surface area contributed by atoms with Gasteiger partial charge in [-0.25, -0.2) is 4.39 Å². The number of benzene rings is 1. The van der Waals surface area contributed by atoms with Crippen LogP contribution < -0.4 is 0 Å². The molecular formula is C10H10ClFO3. The Bertz CT molecular complexity index is 392. The number of phenolic OH excluding ortho intramolecular Hbond substituents is 1. The Morgan fingerprint density at radius 3 is 2.73 bits per heavy atom. The average molecular weight is 233 g/mol. The van der Waals surface area contributed by atoms with Gasteiger partial charge in [0.25, 0.3) is 0 Å². The van der Waals surface area contributed by atoms with E-state index in [1.807, 2.05) is 0 Å². The van der Waals surface area contributed by atoms with Gasteiger partial charge in [-0.2, -0.15) is 0 Å². The van der Waals surface area contributed by atoms with Crippen molar-refractivity contribution >= 4 is 17.6 Å². The predicted octanol–water partition coefficient (Wildman–Crippen LogP) is 2.76. The zero-order chi connectivity index (χ0) is 11.6. The second-order valence-corrected chi connectivity index (χ2v) is 3.67. The van der Waals surface area contributed by atoms with Gasteiger partial charge in [0.2, 0.25) is 0 Å². The van der Waals surface area contributed by atoms with Crippen molar-refractivity contribution in [1.29, 1.82) is 0 Å². The maximum absolute atomic E-state index is 13.3. The number of aliphatic carboxylic acids is 1. The molecule has 0 radical (unpaired) electrons. The third kappa shape index (κ3) is 2.59. The summed E-state index contributed by atoms with van der Waals surface area (Å²) in [5.74, 6) is -2.47. The highest BCUT2D eigenvalue weighted by Gasteiger charge is 2.19. The molecule has 0 aliphatic carbocycles. The van der Waals surface area contributed by atoms with E-state index >= 15 is 0 Å². The lowest BCUT2D eigenvalue weighted by atomic mass is 9.97. The number of carbonyl (C=O) groups is 1. The molecule has 5 heteroatoms. The first-order chi connectivity index (χ1) is 6.93. The highest BCUT2D eigenvalue weighted by molar-refractivity contribution is 6.32. The molecular weight excluding hydrogens is 223 g/mol. The van der Waals surface area contributed by atoms with Gasteiger partial charge in [-0.1, -0.05) is 18.5 Å². The molecule has 0 bridgehead atoms. The summed E-state index contributed by atoms with van der Waals surface area (Å²) in [4.78, 5) is 10.5. The van der Waals surface area contributed by atoms with Crippen molar-refractivity contribution in [3.63, 3.8) is 0 Å². The maximum atomic E-state index is 13.3. The smallest absolute Gasteiger partial charge is 0.303 e. The minimum Gasteiger partial charge on any atom is -0.506 e. The van der Waals surface area contributed by atoms with Crippen LogP contribution in [0.5, 0.6) is 5.75 Å². The normalized spacial score (nSPS) is 12.5. The number of carboxylic acid groups (broad SMARTS) is 1. The summed E-state index contributed by atoms with van der Waals surface area (Å²) >= 11 is 5.69. The van der Waals surface area contributed by atoms with Crippen molar-refractivity contribution < 1.29 is 19.4 Å². The fourth-order valence-electron chi connectivity index (χ4n) is 1.37. The van der Waals surface area contributed by atoms with Gasteiger partial charge in [-0.15, -0.1) is 0 Å². The first-order valence-electron chi connectivity index (χ1n) is 4.32. The molecule has 0 amide bonds. The van der Waals surface area contributed by atoms with E-state index in [4.69, 9.17) is 16.7 Å². The van der Waals surface area contributed by atoms with Crippen LogP contribution >= 0.6 is 11.6 Å². The van der Waals surface area contributed by atoms with Gasteiger partial charge in [0.1, 0.15) is 11.6 Å². The quantitative estimate of drug-likeness (QED) is 0.843. The van der Waals surface area contributed by atoms with E-state index in [0.717, 1.165) is 12.1 Å². The lowest BCUT2D eigenvalue weighted by molar-refractivity contribution is -0.137. The van der Waals surface area contributed by atoms with Crippen LogP contribution in [0.4, 0.5) is 4.39 Å². The average Bonchev–Trinajstić information content (AvgIpc) is 2.11. The van der Waals surface area contributed by atoms with Crippen LogP contribution in [0.1, 0.15) is 24.8 Å². The lowest BCUT2D eigenvalue weighted by Gasteiger charge is -2.13. The second kappa shape index (κ2) is 4.49. The zero-order valence-electron chi connectivity index (χ0n) is 8.00. The molecule has 0 aliphatic rings. The Balaban J connectivity index is 3.12. The molecule has 0 aromatic heterocycles. The molecule has 1 atom stereocenters. The number of rotatable bonds is 3. The Kier molecular flexibility index (Phi) is 3.52. The summed E-state index contributed by atoms with van der Waals surface area (Å²) in [6, 6.07) is 2.20. The van der Waals surface area contributed by atoms with E-state index in [-0.39, 0.29) is 22.8 Å². The number of carboxylic acids is 1. The second-order valence-electron chi connectivity index (χ2n) is 3.29. The maximum Gasteiger partial charge on any atom is 0.303 e. The number of hydrogen-bond donors (Lipinski definition) is 2. The molecule has 82 valence electrons. The van der Waals surface area contributed by atoms with Crippen molar-refractivity contribution in [3.05, 3.63) is 28.5 Å². The Labute approximate surface area is 91.1 Å². The van der Waals surface area contributed by atoms with E-state index in [9.17, 15) is 14.3 Å². The standard InChI is InChI=1S/C10H10ClFO3/c1-5(4-8(14)15)9-6(12)2-3-7(13)10(9)11/h2-3,5,13H,4H2,1H3,(H,14,15). The topological polar surface area (TPSA) is 57.5 Å². The SMILES string of the molecule is CC(CC(=O)O)c1c(F)ccc(O)c1Cl. The van der Waals surface area contributed by atoms with Crippen LogP contribution in [0.2, 0.25) is 5.02 Å². The van der Waals surface area contributed by atoms with Gasteiger partial charge in [0, 0.05) is 5.56 Å². The van der Waals surface area contributed by atoms with Crippen LogP contribution in [-0.4, -0.2) is 16.2 Å². The fourth-order valence-corrected chi connectivity index (χ4v) is 1.71. The van der Waals surface area contributed by atoms with Crippen molar-refractivity contribution in [1.82, 2.24) is 0 Å². The van der Waals surface area contributed by atoms with Crippen molar-refractivity contribution in [2.45, 2.75) is 19.3 Å². The van der Waals surface area contributed by atoms with E-state index in [1.165, 1.54) is 6.92 Å². The summed E-state index contributed by atoms with van der Waals surface area (Å²) in [6.45, 7) is 1.54. The molecule has 0 saturated carbocycles. The Morgan fingerprint density at radius 1 is 1.60 bits per heavy atom. The minimum atomic E-state index is -1.04. The van der Waals surface area contributed by atoms with Crippen LogP contribution in [0.25, 0.3) is 0 Å². The van der Waals surface area contributed by atoms with Crippen LogP contribution in [0.15, 0.2) is 12.1 Å². The minimum absolute atomic E-state index is 0.0408. The van der Waals surface area contributed by atoms with Crippen LogP contribution in [0, 0.1) is 5.82 Å². The Hall–Kier alpha value is -1.29. The van der Waals surface area contributed by atoms with Gasteiger partial charge in [0.05, 0.1) is 11.4 Å². The monoisotopic (exact) mass is 232 g/mol. The third-order valence-electron chi connectivity index (χ3n) is 2.08.